The lowest BCUT2D eigenvalue weighted by Crippen LogP contribution is -2.41. The Morgan fingerprint density at radius 2 is 2.23 bits per heavy atom. The van der Waals surface area contributed by atoms with Crippen LogP contribution in [0.15, 0.2) is 29.2 Å². The molecule has 3 aromatic rings. The molecule has 3 rings (SSSR count). The van der Waals surface area contributed by atoms with Crippen LogP contribution in [0.25, 0.3) is 16.7 Å². The molecule has 0 saturated carbocycles. The summed E-state index contributed by atoms with van der Waals surface area (Å²) in [4.78, 5) is 17.6. The maximum atomic E-state index is 12.9. The number of rotatable bonds is 5. The van der Waals surface area contributed by atoms with Gasteiger partial charge in [0.2, 0.25) is 11.5 Å². The topological polar surface area (TPSA) is 97.3 Å². The molecule has 0 aromatic carbocycles. The second kappa shape index (κ2) is 7.10. The van der Waals surface area contributed by atoms with Gasteiger partial charge in [-0.15, -0.1) is 0 Å². The largest absolute Gasteiger partial charge is 0.379 e. The second-order valence-electron chi connectivity index (χ2n) is 6.52. The van der Waals surface area contributed by atoms with Crippen molar-refractivity contribution >= 4 is 22.5 Å². The monoisotopic (exact) mass is 352 g/mol. The zero-order valence-electron chi connectivity index (χ0n) is 15.2. The van der Waals surface area contributed by atoms with Crippen molar-refractivity contribution in [1.29, 1.82) is 5.26 Å². The quantitative estimate of drug-likeness (QED) is 0.428. The molecule has 26 heavy (non-hydrogen) atoms. The van der Waals surface area contributed by atoms with Gasteiger partial charge in [-0.1, -0.05) is 11.1 Å². The van der Waals surface area contributed by atoms with Gasteiger partial charge in [-0.2, -0.15) is 5.26 Å². The fraction of sp³-hybridized carbons (Fsp3) is 0.368. The summed E-state index contributed by atoms with van der Waals surface area (Å²) in [6, 6.07) is 7.30. The standard InChI is InChI=1S/C19H21N5O2/c1-12(2)26-9-5-8-23-16(21)14(11-20)10-15-18(23)22-17-13(3)6-4-7-24(17)19(15)25/h4,6-7,10,12,21H,5,8-9H2,1-3H3/p+1. The van der Waals surface area contributed by atoms with Crippen LogP contribution in [0.2, 0.25) is 0 Å². The highest BCUT2D eigenvalue weighted by molar-refractivity contribution is 5.77. The lowest BCUT2D eigenvalue weighted by atomic mass is 10.2. The molecule has 0 unspecified atom stereocenters. The van der Waals surface area contributed by atoms with E-state index in [9.17, 15) is 10.1 Å². The van der Waals surface area contributed by atoms with E-state index in [4.69, 9.17) is 10.5 Å². The van der Waals surface area contributed by atoms with E-state index >= 15 is 0 Å². The van der Waals surface area contributed by atoms with Crippen LogP contribution in [-0.4, -0.2) is 22.1 Å². The second-order valence-corrected chi connectivity index (χ2v) is 6.52. The molecule has 0 spiro atoms. The van der Waals surface area contributed by atoms with E-state index in [1.807, 2.05) is 26.8 Å². The van der Waals surface area contributed by atoms with Gasteiger partial charge in [0.05, 0.1) is 12.6 Å². The molecule has 0 atom stereocenters. The van der Waals surface area contributed by atoms with Gasteiger partial charge in [0.15, 0.2) is 0 Å². The number of nitrogens with zero attached hydrogens (tertiary/aromatic N) is 4. The predicted molar refractivity (Wildman–Crippen MR) is 98.7 cm³/mol. The van der Waals surface area contributed by atoms with Crippen molar-refractivity contribution < 1.29 is 9.30 Å². The Balaban J connectivity index is 2.22. The molecule has 2 N–H and O–H groups in total. The summed E-state index contributed by atoms with van der Waals surface area (Å²) in [6.45, 7) is 6.93. The highest BCUT2D eigenvalue weighted by atomic mass is 16.5. The molecule has 3 heterocycles. The number of nitrogen functional groups attached to an aromatic ring is 1. The van der Waals surface area contributed by atoms with Crippen LogP contribution in [0.5, 0.6) is 0 Å². The normalized spacial score (nSPS) is 11.3. The highest BCUT2D eigenvalue weighted by Crippen LogP contribution is 2.15. The molecule has 134 valence electrons. The van der Waals surface area contributed by atoms with E-state index in [1.54, 1.807) is 16.8 Å². The van der Waals surface area contributed by atoms with Gasteiger partial charge in [0, 0.05) is 24.8 Å². The van der Waals surface area contributed by atoms with Gasteiger partial charge >= 0.3 is 0 Å². The van der Waals surface area contributed by atoms with Gasteiger partial charge in [-0.3, -0.25) is 9.20 Å². The van der Waals surface area contributed by atoms with Crippen molar-refractivity contribution in [2.24, 2.45) is 0 Å². The van der Waals surface area contributed by atoms with E-state index in [-0.39, 0.29) is 17.2 Å². The summed E-state index contributed by atoms with van der Waals surface area (Å²) in [5.74, 6) is 0.314. The average molecular weight is 352 g/mol. The van der Waals surface area contributed by atoms with E-state index in [2.05, 4.69) is 11.1 Å². The smallest absolute Gasteiger partial charge is 0.278 e. The Hall–Kier alpha value is -2.98. The van der Waals surface area contributed by atoms with E-state index in [0.29, 0.717) is 42.1 Å². The van der Waals surface area contributed by atoms with Gasteiger partial charge in [-0.05, 0) is 32.9 Å². The first-order valence-electron chi connectivity index (χ1n) is 8.59. The summed E-state index contributed by atoms with van der Waals surface area (Å²) in [6.07, 6.45) is 2.53. The number of aromatic nitrogens is 3. The van der Waals surface area contributed by atoms with Crippen molar-refractivity contribution in [3.63, 3.8) is 0 Å². The lowest BCUT2D eigenvalue weighted by molar-refractivity contribution is -0.659. The summed E-state index contributed by atoms with van der Waals surface area (Å²) < 4.78 is 8.82. The molecular weight excluding hydrogens is 330 g/mol. The maximum Gasteiger partial charge on any atom is 0.278 e. The van der Waals surface area contributed by atoms with Crippen LogP contribution in [0.4, 0.5) is 5.82 Å². The number of hydrogen-bond acceptors (Lipinski definition) is 5. The molecule has 0 radical (unpaired) electrons. The van der Waals surface area contributed by atoms with Crippen LogP contribution in [0.3, 0.4) is 0 Å². The average Bonchev–Trinajstić information content (AvgIpc) is 2.61. The van der Waals surface area contributed by atoms with Crippen LogP contribution in [0.1, 0.15) is 31.4 Å². The molecule has 0 amide bonds. The Bertz CT molecular complexity index is 1080. The molecular formula is C19H22N5O2+. The predicted octanol–water partition coefficient (Wildman–Crippen LogP) is 1.71. The van der Waals surface area contributed by atoms with Crippen molar-refractivity contribution in [3.8, 4) is 6.07 Å². The van der Waals surface area contributed by atoms with E-state index in [0.717, 1.165) is 5.56 Å². The number of pyridine rings is 2. The zero-order chi connectivity index (χ0) is 18.8. The molecule has 0 fully saturated rings. The van der Waals surface area contributed by atoms with Crippen LogP contribution < -0.4 is 15.9 Å². The molecule has 7 nitrogen and oxygen atoms in total. The number of aryl methyl sites for hydroxylation is 2. The Morgan fingerprint density at radius 1 is 1.46 bits per heavy atom. The lowest BCUT2D eigenvalue weighted by Gasteiger charge is -2.11. The first-order chi connectivity index (χ1) is 12.4. The number of hydrogen-bond donors (Lipinski definition) is 1. The maximum absolute atomic E-state index is 12.9. The zero-order valence-corrected chi connectivity index (χ0v) is 15.2. The van der Waals surface area contributed by atoms with Crippen molar-refractivity contribution in [1.82, 2.24) is 9.38 Å². The van der Waals surface area contributed by atoms with Crippen molar-refractivity contribution in [2.75, 3.05) is 12.3 Å². The SMILES string of the molecule is Cc1cccn2c(=O)c3cc(C#N)c(N)[n+](CCCOC(C)C)c3nc12. The van der Waals surface area contributed by atoms with Crippen LogP contribution in [-0.2, 0) is 11.3 Å². The Labute approximate surface area is 151 Å². The number of nitriles is 1. The fourth-order valence-corrected chi connectivity index (χ4v) is 2.97. The summed E-state index contributed by atoms with van der Waals surface area (Å²) >= 11 is 0. The van der Waals surface area contributed by atoms with Crippen LogP contribution >= 0.6 is 0 Å². The highest BCUT2D eigenvalue weighted by Gasteiger charge is 2.21. The summed E-state index contributed by atoms with van der Waals surface area (Å²) in [5.41, 5.74) is 8.21. The van der Waals surface area contributed by atoms with Gasteiger partial charge in [0.1, 0.15) is 17.0 Å². The van der Waals surface area contributed by atoms with Gasteiger partial charge in [-0.25, -0.2) is 4.57 Å². The first kappa shape index (κ1) is 17.8. The minimum Gasteiger partial charge on any atom is -0.379 e. The van der Waals surface area contributed by atoms with Gasteiger partial charge < -0.3 is 10.5 Å². The van der Waals surface area contributed by atoms with Crippen molar-refractivity contribution in [2.45, 2.75) is 39.8 Å². The molecule has 0 aliphatic heterocycles. The molecule has 7 heteroatoms. The minimum absolute atomic E-state index is 0.147. The Morgan fingerprint density at radius 3 is 2.92 bits per heavy atom. The number of anilines is 1. The minimum atomic E-state index is -0.211. The van der Waals surface area contributed by atoms with Crippen molar-refractivity contribution in [3.05, 3.63) is 45.9 Å². The molecule has 3 aromatic heterocycles. The van der Waals surface area contributed by atoms with E-state index < -0.39 is 0 Å². The molecule has 0 aliphatic carbocycles. The number of nitrogens with two attached hydrogens (primary N) is 1. The third-order valence-corrected chi connectivity index (χ3v) is 4.27. The van der Waals surface area contributed by atoms with Gasteiger partial charge in [0.25, 0.3) is 11.2 Å². The van der Waals surface area contributed by atoms with E-state index in [1.165, 1.54) is 10.5 Å². The Kier molecular flexibility index (Phi) is 4.87. The summed E-state index contributed by atoms with van der Waals surface area (Å²) in [5, 5.41) is 9.78. The third kappa shape index (κ3) is 3.11. The fourth-order valence-electron chi connectivity index (χ4n) is 2.97. The molecule has 0 bridgehead atoms. The molecule has 0 saturated heterocycles. The summed E-state index contributed by atoms with van der Waals surface area (Å²) in [7, 11) is 0. The van der Waals surface area contributed by atoms with Crippen LogP contribution in [0, 0.1) is 18.3 Å². The number of fused-ring (bicyclic) bond motifs is 2. The first-order valence-corrected chi connectivity index (χ1v) is 8.59. The third-order valence-electron chi connectivity index (χ3n) is 4.27. The number of ether oxygens (including phenoxy) is 1. The molecule has 0 aliphatic rings.